The molecule has 1 spiro atoms. The highest BCUT2D eigenvalue weighted by Crippen LogP contribution is 2.33. The predicted octanol–water partition coefficient (Wildman–Crippen LogP) is 1.51. The molecule has 0 unspecified atom stereocenters. The van der Waals surface area contributed by atoms with E-state index in [1.807, 2.05) is 0 Å². The Morgan fingerprint density at radius 3 is 2.71 bits per heavy atom. The maximum atomic E-state index is 13.0. The zero-order valence-corrected chi connectivity index (χ0v) is 15.4. The number of carbonyl (C=O) groups is 1. The normalized spacial score (nSPS) is 18.0. The monoisotopic (exact) mass is 387 g/mol. The van der Waals surface area contributed by atoms with Gasteiger partial charge in [-0.1, -0.05) is 12.1 Å². The van der Waals surface area contributed by atoms with Crippen LogP contribution in [0.3, 0.4) is 0 Å². The van der Waals surface area contributed by atoms with Gasteiger partial charge in [0.1, 0.15) is 11.6 Å². The largest absolute Gasteiger partial charge is 0.501 e. The van der Waals surface area contributed by atoms with Gasteiger partial charge in [0, 0.05) is 32.7 Å². The molecule has 1 saturated heterocycles. The van der Waals surface area contributed by atoms with E-state index in [-0.39, 0.29) is 17.9 Å². The first-order chi connectivity index (χ1) is 13.5. The van der Waals surface area contributed by atoms with E-state index >= 15 is 0 Å². The Hall–Kier alpha value is -2.58. The predicted molar refractivity (Wildman–Crippen MR) is 98.9 cm³/mol. The van der Waals surface area contributed by atoms with Crippen molar-refractivity contribution in [2.75, 3.05) is 19.8 Å². The van der Waals surface area contributed by atoms with Crippen molar-refractivity contribution in [1.82, 2.24) is 14.9 Å². The second kappa shape index (κ2) is 7.44. The van der Waals surface area contributed by atoms with Crippen LogP contribution in [0.15, 0.2) is 29.1 Å². The third kappa shape index (κ3) is 3.33. The quantitative estimate of drug-likeness (QED) is 0.773. The van der Waals surface area contributed by atoms with Crippen LogP contribution in [0.4, 0.5) is 4.39 Å². The summed E-state index contributed by atoms with van der Waals surface area (Å²) < 4.78 is 19.9. The molecular formula is C20H22FN3O4. The van der Waals surface area contributed by atoms with Crippen molar-refractivity contribution in [1.29, 1.82) is 0 Å². The van der Waals surface area contributed by atoms with Gasteiger partial charge < -0.3 is 15.2 Å². The molecule has 0 radical (unpaired) electrons. The summed E-state index contributed by atoms with van der Waals surface area (Å²) >= 11 is 0. The van der Waals surface area contributed by atoms with Crippen LogP contribution in [0.2, 0.25) is 0 Å². The SMILES string of the molecule is O=C(CCc1ccc(F)cc1)c1nc2n(c(=O)c1O)CCNC21CCOCC1. The van der Waals surface area contributed by atoms with Crippen molar-refractivity contribution < 1.29 is 19.0 Å². The van der Waals surface area contributed by atoms with Crippen LogP contribution in [0.1, 0.15) is 41.1 Å². The van der Waals surface area contributed by atoms with Gasteiger partial charge in [-0.2, -0.15) is 0 Å². The van der Waals surface area contributed by atoms with E-state index in [1.165, 1.54) is 16.7 Å². The van der Waals surface area contributed by atoms with Gasteiger partial charge in [-0.25, -0.2) is 9.37 Å². The summed E-state index contributed by atoms with van der Waals surface area (Å²) in [6.07, 6.45) is 1.73. The van der Waals surface area contributed by atoms with E-state index in [0.717, 1.165) is 5.56 Å². The summed E-state index contributed by atoms with van der Waals surface area (Å²) in [6.45, 7) is 2.06. The third-order valence-electron chi connectivity index (χ3n) is 5.54. The lowest BCUT2D eigenvalue weighted by molar-refractivity contribution is 0.0247. The molecule has 2 N–H and O–H groups in total. The van der Waals surface area contributed by atoms with Crippen LogP contribution in [0, 0.1) is 5.82 Å². The van der Waals surface area contributed by atoms with E-state index in [1.54, 1.807) is 12.1 Å². The summed E-state index contributed by atoms with van der Waals surface area (Å²) in [5, 5.41) is 13.8. The number of aryl methyl sites for hydroxylation is 1. The van der Waals surface area contributed by atoms with Gasteiger partial charge in [-0.15, -0.1) is 0 Å². The average Bonchev–Trinajstić information content (AvgIpc) is 2.71. The minimum Gasteiger partial charge on any atom is -0.501 e. The number of hydrogen-bond donors (Lipinski definition) is 2. The molecule has 7 nitrogen and oxygen atoms in total. The Balaban J connectivity index is 1.65. The van der Waals surface area contributed by atoms with Crippen molar-refractivity contribution in [3.63, 3.8) is 0 Å². The minimum atomic E-state index is -0.600. The van der Waals surface area contributed by atoms with Crippen molar-refractivity contribution in [3.8, 4) is 5.75 Å². The summed E-state index contributed by atoms with van der Waals surface area (Å²) in [4.78, 5) is 29.9. The first-order valence-electron chi connectivity index (χ1n) is 9.45. The van der Waals surface area contributed by atoms with E-state index in [4.69, 9.17) is 4.74 Å². The zero-order chi connectivity index (χ0) is 19.7. The van der Waals surface area contributed by atoms with Gasteiger partial charge in [0.2, 0.25) is 5.75 Å². The van der Waals surface area contributed by atoms with Gasteiger partial charge in [0.05, 0.1) is 5.54 Å². The number of nitrogens with zero attached hydrogens (tertiary/aromatic N) is 2. The molecule has 8 heteroatoms. The number of nitrogens with one attached hydrogen (secondary N) is 1. The number of halogens is 1. The number of aromatic hydroxyl groups is 1. The molecule has 1 aromatic heterocycles. The summed E-state index contributed by atoms with van der Waals surface area (Å²) in [5.41, 5.74) is -0.489. The van der Waals surface area contributed by atoms with Crippen molar-refractivity contribution in [3.05, 3.63) is 57.5 Å². The molecular weight excluding hydrogens is 365 g/mol. The average molecular weight is 387 g/mol. The number of aromatic nitrogens is 2. The number of fused-ring (bicyclic) bond motifs is 2. The topological polar surface area (TPSA) is 93.5 Å². The van der Waals surface area contributed by atoms with E-state index in [2.05, 4.69) is 10.3 Å². The van der Waals surface area contributed by atoms with Crippen LogP contribution in [0.25, 0.3) is 0 Å². The maximum absolute atomic E-state index is 13.0. The molecule has 0 aliphatic carbocycles. The van der Waals surface area contributed by atoms with Crippen molar-refractivity contribution in [2.24, 2.45) is 0 Å². The third-order valence-corrected chi connectivity index (χ3v) is 5.54. The first-order valence-corrected chi connectivity index (χ1v) is 9.45. The Labute approximate surface area is 161 Å². The molecule has 28 heavy (non-hydrogen) atoms. The lowest BCUT2D eigenvalue weighted by Gasteiger charge is -2.42. The van der Waals surface area contributed by atoms with Gasteiger partial charge in [0.25, 0.3) is 5.56 Å². The molecule has 0 amide bonds. The Morgan fingerprint density at radius 1 is 1.29 bits per heavy atom. The number of ketones is 1. The van der Waals surface area contributed by atoms with Gasteiger partial charge in [-0.05, 0) is 37.0 Å². The summed E-state index contributed by atoms with van der Waals surface area (Å²) in [5.74, 6) is -0.853. The summed E-state index contributed by atoms with van der Waals surface area (Å²) in [6, 6.07) is 5.89. The van der Waals surface area contributed by atoms with Crippen LogP contribution in [-0.4, -0.2) is 40.2 Å². The number of hydrogen-bond acceptors (Lipinski definition) is 6. The Bertz CT molecular complexity index is 949. The smallest absolute Gasteiger partial charge is 0.296 e. The Kier molecular flexibility index (Phi) is 4.99. The van der Waals surface area contributed by atoms with Gasteiger partial charge in [0.15, 0.2) is 11.5 Å². The van der Waals surface area contributed by atoms with E-state index in [9.17, 15) is 19.1 Å². The maximum Gasteiger partial charge on any atom is 0.296 e. The minimum absolute atomic E-state index is 0.0681. The highest BCUT2D eigenvalue weighted by Gasteiger charge is 2.41. The molecule has 0 saturated carbocycles. The highest BCUT2D eigenvalue weighted by molar-refractivity contribution is 5.96. The van der Waals surface area contributed by atoms with Crippen molar-refractivity contribution >= 4 is 5.78 Å². The van der Waals surface area contributed by atoms with Crippen molar-refractivity contribution in [2.45, 2.75) is 37.8 Å². The fourth-order valence-electron chi connectivity index (χ4n) is 3.95. The van der Waals surface area contributed by atoms with Gasteiger partial charge in [-0.3, -0.25) is 14.2 Å². The zero-order valence-electron chi connectivity index (χ0n) is 15.4. The number of benzene rings is 1. The van der Waals surface area contributed by atoms with Crippen LogP contribution in [0.5, 0.6) is 5.75 Å². The molecule has 2 aliphatic heterocycles. The molecule has 0 bridgehead atoms. The fourth-order valence-corrected chi connectivity index (χ4v) is 3.95. The molecule has 3 heterocycles. The lowest BCUT2D eigenvalue weighted by Crippen LogP contribution is -2.55. The highest BCUT2D eigenvalue weighted by atomic mass is 19.1. The molecule has 2 aromatic rings. The van der Waals surface area contributed by atoms with Crippen LogP contribution < -0.4 is 10.9 Å². The Morgan fingerprint density at radius 2 is 2.00 bits per heavy atom. The molecule has 1 fully saturated rings. The number of ether oxygens (including phenoxy) is 1. The second-order valence-electron chi connectivity index (χ2n) is 7.26. The first kappa shape index (κ1) is 18.8. The van der Waals surface area contributed by atoms with E-state index < -0.39 is 22.6 Å². The van der Waals surface area contributed by atoms with Crippen LogP contribution in [-0.2, 0) is 23.2 Å². The molecule has 0 atom stereocenters. The molecule has 148 valence electrons. The molecule has 1 aromatic carbocycles. The number of Topliss-reactive ketones (excluding diaryl/α,β-unsaturated/α-hetero) is 1. The van der Waals surface area contributed by atoms with Gasteiger partial charge >= 0.3 is 0 Å². The van der Waals surface area contributed by atoms with Crippen LogP contribution >= 0.6 is 0 Å². The van der Waals surface area contributed by atoms with E-state index in [0.29, 0.717) is 51.4 Å². The fraction of sp³-hybridized carbons (Fsp3) is 0.450. The number of rotatable bonds is 4. The molecule has 2 aliphatic rings. The lowest BCUT2D eigenvalue weighted by atomic mass is 9.87. The summed E-state index contributed by atoms with van der Waals surface area (Å²) in [7, 11) is 0. The molecule has 4 rings (SSSR count). The standard InChI is InChI=1S/C20H22FN3O4/c21-14-4-1-13(2-5-14)3-6-15(25)16-17(26)18(27)24-10-9-22-20(19(24)23-16)7-11-28-12-8-20/h1-2,4-5,22,26H,3,6-12H2. The number of carbonyl (C=O) groups excluding carboxylic acids is 1. The second-order valence-corrected chi connectivity index (χ2v) is 7.26.